The predicted octanol–water partition coefficient (Wildman–Crippen LogP) is 6.70. The van der Waals surface area contributed by atoms with Crippen molar-refractivity contribution in [1.29, 1.82) is 0 Å². The van der Waals surface area contributed by atoms with Crippen LogP contribution in [0.15, 0.2) is 53.3 Å². The first-order chi connectivity index (χ1) is 27.3. The highest BCUT2D eigenvalue weighted by Gasteiger charge is 2.37. The van der Waals surface area contributed by atoms with Gasteiger partial charge in [-0.1, -0.05) is 18.2 Å². The Balaban J connectivity index is 0.892. The molecular formula is C40H41F4N7O5S. The molecule has 17 heteroatoms. The number of ether oxygens (including phenoxy) is 1. The summed E-state index contributed by atoms with van der Waals surface area (Å²) in [5.74, 6) is -1.11. The van der Waals surface area contributed by atoms with Crippen molar-refractivity contribution in [2.75, 3.05) is 32.1 Å². The van der Waals surface area contributed by atoms with Crippen LogP contribution in [0.25, 0.3) is 21.3 Å². The molecule has 0 radical (unpaired) electrons. The molecule has 12 nitrogen and oxygen atoms in total. The first-order valence-corrected chi connectivity index (χ1v) is 19.8. The van der Waals surface area contributed by atoms with Gasteiger partial charge in [0.2, 0.25) is 11.8 Å². The number of para-hydroxylation sites is 1. The number of halogens is 4. The summed E-state index contributed by atoms with van der Waals surface area (Å²) in [6, 6.07) is 11.2. The summed E-state index contributed by atoms with van der Waals surface area (Å²) in [6.45, 7) is 1.78. The highest BCUT2D eigenvalue weighted by Crippen LogP contribution is 2.42. The topological polar surface area (TPSA) is 140 Å². The number of rotatable bonds is 8. The molecule has 3 aliphatic rings. The monoisotopic (exact) mass is 807 g/mol. The Morgan fingerprint density at radius 2 is 1.79 bits per heavy atom. The van der Waals surface area contributed by atoms with Gasteiger partial charge in [-0.05, 0) is 80.8 Å². The van der Waals surface area contributed by atoms with Gasteiger partial charge < -0.3 is 15.0 Å². The summed E-state index contributed by atoms with van der Waals surface area (Å²) in [5, 5.41) is 5.94. The van der Waals surface area contributed by atoms with Gasteiger partial charge in [0, 0.05) is 44.5 Å². The second-order valence-corrected chi connectivity index (χ2v) is 16.3. The number of aromatic nitrogens is 4. The summed E-state index contributed by atoms with van der Waals surface area (Å²) in [6.07, 6.45) is -1.12. The Kier molecular flexibility index (Phi) is 10.4. The number of methoxy groups -OCH3 is 1. The SMILES string of the molecule is COc1cc2nc(C3CCC(CN4CC[C@H](c5cccc6c5n(C)c(=O)n6C5CCC(=O)NC5=O)[C@@H](F)C4)CC3)sc2cc1NC(=O)c1cccc(C(F)(F)F)n1. The molecule has 2 aromatic carbocycles. The standard InChI is InChI=1S/C40H41F4N7O5S/c1-49-35-24(5-3-7-29(35)51(39(49)55)30-13-14-34(52)48-37(30)54)23-15-16-50(20-25(23)41)19-21-9-11-22(12-10-21)38-47-28-17-31(56-2)27(18-32(28)57-38)46-36(53)26-6-4-8-33(45-26)40(42,43)44/h3-8,17-18,21-23,25,30H,9-16,19-20H2,1-2H3,(H,46,53)(H,48,52,54)/t21?,22?,23-,25+,30?/m1/s1. The number of aryl methyl sites for hydroxylation is 1. The minimum atomic E-state index is -4.68. The average molecular weight is 808 g/mol. The molecule has 2 aliphatic heterocycles. The number of anilines is 1. The lowest BCUT2D eigenvalue weighted by atomic mass is 9.81. The maximum atomic E-state index is 16.1. The van der Waals surface area contributed by atoms with Gasteiger partial charge in [-0.3, -0.25) is 28.8 Å². The summed E-state index contributed by atoms with van der Waals surface area (Å²) < 4.78 is 64.9. The number of alkyl halides is 4. The van der Waals surface area contributed by atoms with Crippen LogP contribution in [0.4, 0.5) is 23.2 Å². The molecule has 5 aromatic rings. The van der Waals surface area contributed by atoms with Gasteiger partial charge in [0.1, 0.15) is 29.4 Å². The van der Waals surface area contributed by atoms with E-state index in [4.69, 9.17) is 9.72 Å². The van der Waals surface area contributed by atoms with E-state index in [2.05, 4.69) is 20.5 Å². The molecule has 5 heterocycles. The number of carbonyl (C=O) groups is 3. The van der Waals surface area contributed by atoms with Gasteiger partial charge in [0.25, 0.3) is 5.91 Å². The fourth-order valence-electron chi connectivity index (χ4n) is 8.76. The quantitative estimate of drug-likeness (QED) is 0.130. The molecule has 3 amide bonds. The first kappa shape index (κ1) is 38.7. The van der Waals surface area contributed by atoms with Gasteiger partial charge in [0.15, 0.2) is 0 Å². The van der Waals surface area contributed by atoms with Crippen LogP contribution < -0.4 is 21.1 Å². The Labute approximate surface area is 328 Å². The van der Waals surface area contributed by atoms with Crippen LogP contribution in [0.5, 0.6) is 5.75 Å². The minimum absolute atomic E-state index is 0.143. The van der Waals surface area contributed by atoms with E-state index in [1.54, 1.807) is 31.3 Å². The zero-order valence-corrected chi connectivity index (χ0v) is 32.1. The number of piperidine rings is 2. The molecule has 0 spiro atoms. The van der Waals surface area contributed by atoms with Crippen molar-refractivity contribution in [2.45, 2.75) is 75.2 Å². The van der Waals surface area contributed by atoms with Crippen molar-refractivity contribution < 1.29 is 36.7 Å². The average Bonchev–Trinajstić information content (AvgIpc) is 3.71. The van der Waals surface area contributed by atoms with Gasteiger partial charge in [-0.15, -0.1) is 11.3 Å². The summed E-state index contributed by atoms with van der Waals surface area (Å²) in [5.41, 5.74) is 1.03. The number of nitrogens with one attached hydrogen (secondary N) is 2. The number of hydrogen-bond donors (Lipinski definition) is 2. The van der Waals surface area contributed by atoms with Gasteiger partial charge >= 0.3 is 11.9 Å². The number of hydrogen-bond acceptors (Lipinski definition) is 9. The van der Waals surface area contributed by atoms with Crippen LogP contribution in [0.3, 0.4) is 0 Å². The lowest BCUT2D eigenvalue weighted by Crippen LogP contribution is -2.44. The van der Waals surface area contributed by atoms with E-state index < -0.39 is 41.8 Å². The molecule has 1 saturated carbocycles. The Morgan fingerprint density at radius 3 is 2.51 bits per heavy atom. The zero-order chi connectivity index (χ0) is 40.2. The lowest BCUT2D eigenvalue weighted by Gasteiger charge is -2.38. The molecule has 2 N–H and O–H groups in total. The van der Waals surface area contributed by atoms with Crippen LogP contribution in [0.2, 0.25) is 0 Å². The van der Waals surface area contributed by atoms with E-state index in [1.807, 2.05) is 6.07 Å². The van der Waals surface area contributed by atoms with E-state index in [1.165, 1.54) is 33.6 Å². The molecule has 1 aliphatic carbocycles. The summed E-state index contributed by atoms with van der Waals surface area (Å²) in [7, 11) is 3.08. The van der Waals surface area contributed by atoms with Crippen molar-refractivity contribution in [3.63, 3.8) is 0 Å². The predicted molar refractivity (Wildman–Crippen MR) is 205 cm³/mol. The minimum Gasteiger partial charge on any atom is -0.494 e. The van der Waals surface area contributed by atoms with E-state index in [9.17, 15) is 32.3 Å². The smallest absolute Gasteiger partial charge is 0.433 e. The maximum Gasteiger partial charge on any atom is 0.433 e. The van der Waals surface area contributed by atoms with Crippen LogP contribution in [0, 0.1) is 5.92 Å². The molecule has 3 aromatic heterocycles. The second kappa shape index (κ2) is 15.3. The summed E-state index contributed by atoms with van der Waals surface area (Å²) >= 11 is 1.51. The number of fused-ring (bicyclic) bond motifs is 2. The van der Waals surface area contributed by atoms with Crippen LogP contribution in [0.1, 0.15) is 89.6 Å². The first-order valence-electron chi connectivity index (χ1n) is 19.0. The number of thiazole rings is 1. The molecule has 0 bridgehead atoms. The third kappa shape index (κ3) is 7.54. The highest BCUT2D eigenvalue weighted by atomic mass is 32.1. The molecule has 57 heavy (non-hydrogen) atoms. The number of imidazole rings is 1. The van der Waals surface area contributed by atoms with E-state index in [0.717, 1.165) is 59.6 Å². The molecule has 3 fully saturated rings. The molecular weight excluding hydrogens is 767 g/mol. The van der Waals surface area contributed by atoms with Crippen LogP contribution in [-0.2, 0) is 22.8 Å². The summed E-state index contributed by atoms with van der Waals surface area (Å²) in [4.78, 5) is 61.3. The van der Waals surface area contributed by atoms with Crippen LogP contribution in [-0.4, -0.2) is 74.6 Å². The van der Waals surface area contributed by atoms with E-state index in [-0.39, 0.29) is 42.6 Å². The van der Waals surface area contributed by atoms with Gasteiger partial charge in [-0.2, -0.15) is 13.2 Å². The number of carbonyl (C=O) groups excluding carboxylic acids is 3. The lowest BCUT2D eigenvalue weighted by molar-refractivity contribution is -0.141. The molecule has 3 atom stereocenters. The number of imide groups is 1. The largest absolute Gasteiger partial charge is 0.494 e. The number of likely N-dealkylation sites (tertiary alicyclic amines) is 1. The van der Waals surface area contributed by atoms with Gasteiger partial charge in [0.05, 0.1) is 39.1 Å². The fourth-order valence-corrected chi connectivity index (χ4v) is 9.92. The third-order valence-corrected chi connectivity index (χ3v) is 12.8. The third-order valence-electron chi connectivity index (χ3n) is 11.6. The Bertz CT molecular complexity index is 2440. The number of benzene rings is 2. The number of nitrogens with zero attached hydrogens (tertiary/aromatic N) is 5. The normalized spacial score (nSPS) is 23.5. The van der Waals surface area contributed by atoms with E-state index >= 15 is 4.39 Å². The molecule has 300 valence electrons. The fraction of sp³-hybridized carbons (Fsp3) is 0.450. The van der Waals surface area contributed by atoms with Crippen molar-refractivity contribution >= 4 is 56.0 Å². The number of pyridine rings is 1. The van der Waals surface area contributed by atoms with Crippen molar-refractivity contribution in [1.82, 2.24) is 29.3 Å². The highest BCUT2D eigenvalue weighted by molar-refractivity contribution is 7.18. The maximum absolute atomic E-state index is 16.1. The molecule has 1 unspecified atom stereocenters. The van der Waals surface area contributed by atoms with Gasteiger partial charge in [-0.25, -0.2) is 19.2 Å². The number of amides is 3. The van der Waals surface area contributed by atoms with Crippen molar-refractivity contribution in [2.24, 2.45) is 13.0 Å². The van der Waals surface area contributed by atoms with Crippen molar-refractivity contribution in [3.05, 3.63) is 81.0 Å². The molecule has 8 rings (SSSR count). The van der Waals surface area contributed by atoms with Crippen molar-refractivity contribution in [3.8, 4) is 5.75 Å². The second-order valence-electron chi connectivity index (χ2n) is 15.2. The van der Waals surface area contributed by atoms with E-state index in [0.29, 0.717) is 46.9 Å². The Morgan fingerprint density at radius 1 is 1.02 bits per heavy atom. The zero-order valence-electron chi connectivity index (χ0n) is 31.3. The molecule has 2 saturated heterocycles. The Hall–Kier alpha value is -5.16. The van der Waals surface area contributed by atoms with Crippen LogP contribution >= 0.6 is 11.3 Å².